The molecule has 2 rings (SSSR count). The topological polar surface area (TPSA) is 26.0 Å². The molecular formula is C14H14FN. The van der Waals surface area contributed by atoms with Crippen molar-refractivity contribution in [1.82, 2.24) is 0 Å². The van der Waals surface area contributed by atoms with Gasteiger partial charge >= 0.3 is 0 Å². The summed E-state index contributed by atoms with van der Waals surface area (Å²) in [7, 11) is 0. The van der Waals surface area contributed by atoms with Gasteiger partial charge in [0, 0.05) is 5.69 Å². The van der Waals surface area contributed by atoms with Gasteiger partial charge in [-0.3, -0.25) is 0 Å². The third-order valence-corrected chi connectivity index (χ3v) is 2.59. The van der Waals surface area contributed by atoms with Crippen molar-refractivity contribution in [3.05, 3.63) is 53.3 Å². The quantitative estimate of drug-likeness (QED) is 0.721. The highest BCUT2D eigenvalue weighted by Gasteiger charge is 2.03. The summed E-state index contributed by atoms with van der Waals surface area (Å²) in [6.45, 7) is 3.76. The van der Waals surface area contributed by atoms with Gasteiger partial charge in [-0.25, -0.2) is 4.39 Å². The SMILES string of the molecule is Cc1cc(N)cc(-c2ccc(F)c(C)c2)c1. The highest BCUT2D eigenvalue weighted by atomic mass is 19.1. The van der Waals surface area contributed by atoms with Crippen molar-refractivity contribution < 1.29 is 4.39 Å². The Morgan fingerprint density at radius 3 is 2.31 bits per heavy atom. The number of hydrogen-bond acceptors (Lipinski definition) is 1. The van der Waals surface area contributed by atoms with E-state index in [-0.39, 0.29) is 5.82 Å². The Hall–Kier alpha value is -1.83. The van der Waals surface area contributed by atoms with Gasteiger partial charge in [-0.2, -0.15) is 0 Å². The molecule has 0 unspecified atom stereocenters. The molecule has 0 aliphatic heterocycles. The van der Waals surface area contributed by atoms with Crippen molar-refractivity contribution in [3.63, 3.8) is 0 Å². The summed E-state index contributed by atoms with van der Waals surface area (Å²) in [4.78, 5) is 0. The van der Waals surface area contributed by atoms with Crippen LogP contribution >= 0.6 is 0 Å². The maximum Gasteiger partial charge on any atom is 0.126 e. The third-order valence-electron chi connectivity index (χ3n) is 2.59. The number of nitrogens with two attached hydrogens (primary N) is 1. The summed E-state index contributed by atoms with van der Waals surface area (Å²) < 4.78 is 13.1. The largest absolute Gasteiger partial charge is 0.399 e. The van der Waals surface area contributed by atoms with Crippen LogP contribution in [-0.2, 0) is 0 Å². The van der Waals surface area contributed by atoms with E-state index in [0.717, 1.165) is 22.4 Å². The van der Waals surface area contributed by atoms with E-state index in [2.05, 4.69) is 0 Å². The molecule has 0 radical (unpaired) electrons. The van der Waals surface area contributed by atoms with Crippen LogP contribution in [0.1, 0.15) is 11.1 Å². The predicted octanol–water partition coefficient (Wildman–Crippen LogP) is 3.69. The fraction of sp³-hybridized carbons (Fsp3) is 0.143. The first-order valence-electron chi connectivity index (χ1n) is 5.20. The van der Waals surface area contributed by atoms with Crippen molar-refractivity contribution in [2.24, 2.45) is 0 Å². The number of nitrogen functional groups attached to an aromatic ring is 1. The Morgan fingerprint density at radius 1 is 0.938 bits per heavy atom. The molecule has 82 valence electrons. The van der Waals surface area contributed by atoms with Crippen LogP contribution in [0.3, 0.4) is 0 Å². The molecular weight excluding hydrogens is 201 g/mol. The molecule has 0 aromatic heterocycles. The molecule has 0 aliphatic rings. The van der Waals surface area contributed by atoms with Crippen molar-refractivity contribution in [3.8, 4) is 11.1 Å². The molecule has 0 bridgehead atoms. The molecule has 2 heteroatoms. The molecule has 2 aromatic rings. The van der Waals surface area contributed by atoms with Gasteiger partial charge in [0.25, 0.3) is 0 Å². The Labute approximate surface area is 94.7 Å². The normalized spacial score (nSPS) is 10.4. The fourth-order valence-electron chi connectivity index (χ4n) is 1.80. The van der Waals surface area contributed by atoms with Crippen LogP contribution in [0.5, 0.6) is 0 Å². The van der Waals surface area contributed by atoms with Crippen LogP contribution in [-0.4, -0.2) is 0 Å². The van der Waals surface area contributed by atoms with Crippen molar-refractivity contribution in [2.45, 2.75) is 13.8 Å². The van der Waals surface area contributed by atoms with Crippen LogP contribution < -0.4 is 5.73 Å². The smallest absolute Gasteiger partial charge is 0.126 e. The molecule has 0 fully saturated rings. The van der Waals surface area contributed by atoms with E-state index in [9.17, 15) is 4.39 Å². The van der Waals surface area contributed by atoms with E-state index in [4.69, 9.17) is 5.73 Å². The second kappa shape index (κ2) is 3.97. The molecule has 2 N–H and O–H groups in total. The second-order valence-electron chi connectivity index (χ2n) is 4.10. The zero-order chi connectivity index (χ0) is 11.7. The Balaban J connectivity index is 2.54. The maximum absolute atomic E-state index is 13.1. The predicted molar refractivity (Wildman–Crippen MR) is 65.7 cm³/mol. The first kappa shape index (κ1) is 10.7. The van der Waals surface area contributed by atoms with E-state index in [1.807, 2.05) is 31.2 Å². The van der Waals surface area contributed by atoms with Gasteiger partial charge < -0.3 is 5.73 Å². The van der Waals surface area contributed by atoms with Crippen molar-refractivity contribution >= 4 is 5.69 Å². The number of halogens is 1. The van der Waals surface area contributed by atoms with E-state index in [1.165, 1.54) is 6.07 Å². The molecule has 0 saturated heterocycles. The zero-order valence-corrected chi connectivity index (χ0v) is 9.42. The van der Waals surface area contributed by atoms with Gasteiger partial charge in [0.2, 0.25) is 0 Å². The summed E-state index contributed by atoms with van der Waals surface area (Å²) >= 11 is 0. The third kappa shape index (κ3) is 2.06. The summed E-state index contributed by atoms with van der Waals surface area (Å²) in [5.41, 5.74) is 10.3. The minimum atomic E-state index is -0.177. The average molecular weight is 215 g/mol. The Morgan fingerprint density at radius 2 is 1.69 bits per heavy atom. The molecule has 0 spiro atoms. The number of anilines is 1. The van der Waals surface area contributed by atoms with Crippen LogP contribution in [0.25, 0.3) is 11.1 Å². The van der Waals surface area contributed by atoms with Crippen LogP contribution in [0, 0.1) is 19.7 Å². The Kier molecular flexibility index (Phi) is 2.65. The van der Waals surface area contributed by atoms with E-state index < -0.39 is 0 Å². The van der Waals surface area contributed by atoms with Crippen LogP contribution in [0.15, 0.2) is 36.4 Å². The molecule has 0 heterocycles. The van der Waals surface area contributed by atoms with Gasteiger partial charge in [0.15, 0.2) is 0 Å². The van der Waals surface area contributed by atoms with E-state index in [0.29, 0.717) is 5.56 Å². The summed E-state index contributed by atoms with van der Waals surface area (Å²) in [6.07, 6.45) is 0. The van der Waals surface area contributed by atoms with Gasteiger partial charge in [-0.05, 0) is 60.4 Å². The van der Waals surface area contributed by atoms with Gasteiger partial charge in [-0.1, -0.05) is 12.1 Å². The lowest BCUT2D eigenvalue weighted by Crippen LogP contribution is -1.89. The molecule has 0 atom stereocenters. The van der Waals surface area contributed by atoms with E-state index >= 15 is 0 Å². The van der Waals surface area contributed by atoms with Crippen molar-refractivity contribution in [2.75, 3.05) is 5.73 Å². The second-order valence-corrected chi connectivity index (χ2v) is 4.10. The lowest BCUT2D eigenvalue weighted by atomic mass is 10.0. The molecule has 0 saturated carbocycles. The molecule has 0 aliphatic carbocycles. The monoisotopic (exact) mass is 215 g/mol. The average Bonchev–Trinajstić information content (AvgIpc) is 2.20. The summed E-state index contributed by atoms with van der Waals surface area (Å²) in [5, 5.41) is 0. The van der Waals surface area contributed by atoms with Gasteiger partial charge in [0.1, 0.15) is 5.82 Å². The van der Waals surface area contributed by atoms with Crippen molar-refractivity contribution in [1.29, 1.82) is 0 Å². The van der Waals surface area contributed by atoms with Gasteiger partial charge in [0.05, 0.1) is 0 Å². The number of rotatable bonds is 1. The fourth-order valence-corrected chi connectivity index (χ4v) is 1.80. The zero-order valence-electron chi connectivity index (χ0n) is 9.42. The van der Waals surface area contributed by atoms with Gasteiger partial charge in [-0.15, -0.1) is 0 Å². The Bertz CT molecular complexity index is 512. The lowest BCUT2D eigenvalue weighted by molar-refractivity contribution is 0.619. The number of aryl methyl sites for hydroxylation is 2. The summed E-state index contributed by atoms with van der Waals surface area (Å²) in [5.74, 6) is -0.177. The first-order chi connectivity index (χ1) is 7.56. The highest BCUT2D eigenvalue weighted by Crippen LogP contribution is 2.25. The lowest BCUT2D eigenvalue weighted by Gasteiger charge is -2.06. The number of hydrogen-bond donors (Lipinski definition) is 1. The minimum Gasteiger partial charge on any atom is -0.399 e. The first-order valence-corrected chi connectivity index (χ1v) is 5.20. The summed E-state index contributed by atoms with van der Waals surface area (Å²) in [6, 6.07) is 11.0. The highest BCUT2D eigenvalue weighted by molar-refractivity contribution is 5.69. The van der Waals surface area contributed by atoms with Crippen LogP contribution in [0.4, 0.5) is 10.1 Å². The minimum absolute atomic E-state index is 0.177. The molecule has 0 amide bonds. The molecule has 1 nitrogen and oxygen atoms in total. The number of benzene rings is 2. The maximum atomic E-state index is 13.1. The van der Waals surface area contributed by atoms with E-state index in [1.54, 1.807) is 13.0 Å². The molecule has 2 aromatic carbocycles. The standard InChI is InChI=1S/C14H14FN/c1-9-5-12(8-13(16)6-9)11-3-4-14(15)10(2)7-11/h3-8H,16H2,1-2H3. The molecule has 16 heavy (non-hydrogen) atoms. The van der Waals surface area contributed by atoms with Crippen LogP contribution in [0.2, 0.25) is 0 Å².